The van der Waals surface area contributed by atoms with E-state index in [1.54, 1.807) is 18.2 Å². The van der Waals surface area contributed by atoms with E-state index >= 15 is 0 Å². The average molecular weight is 602 g/mol. The summed E-state index contributed by atoms with van der Waals surface area (Å²) in [7, 11) is 1.30. The van der Waals surface area contributed by atoms with Gasteiger partial charge in [0.05, 0.1) is 16.1 Å². The normalized spacial score (nSPS) is 14.9. The number of benzene rings is 3. The van der Waals surface area contributed by atoms with E-state index in [4.69, 9.17) is 21.1 Å². The van der Waals surface area contributed by atoms with Crippen molar-refractivity contribution in [2.75, 3.05) is 7.11 Å². The smallest absolute Gasteiger partial charge is 0.354 e. The molecule has 4 rings (SSSR count). The second-order valence-corrected chi connectivity index (χ2v) is 10.00. The van der Waals surface area contributed by atoms with Crippen LogP contribution in [0, 0.1) is 3.57 Å². The Labute approximate surface area is 223 Å². The summed E-state index contributed by atoms with van der Waals surface area (Å²) >= 11 is 8.28. The Kier molecular flexibility index (Phi) is 8.13. The summed E-state index contributed by atoms with van der Waals surface area (Å²) in [5.74, 6) is 0.611. The lowest BCUT2D eigenvalue weighted by molar-refractivity contribution is -0.138. The maximum atomic E-state index is 13.5. The highest BCUT2D eigenvalue weighted by Crippen LogP contribution is 2.42. The zero-order valence-corrected chi connectivity index (χ0v) is 22.1. The maximum Gasteiger partial charge on any atom is 0.354 e. The van der Waals surface area contributed by atoms with E-state index < -0.39 is 11.4 Å². The predicted octanol–water partition coefficient (Wildman–Crippen LogP) is 6.88. The summed E-state index contributed by atoms with van der Waals surface area (Å²) in [6.07, 6.45) is 4.91. The SMILES string of the molecule is COC(=O)/C(=C\c1ccc(Oc2ccccc2I)cc1)NC(=O)C1(c2ccc(Cl)cc2)CCCC1. The topological polar surface area (TPSA) is 64.6 Å². The first kappa shape index (κ1) is 25.3. The van der Waals surface area contributed by atoms with Crippen molar-refractivity contribution in [1.82, 2.24) is 5.32 Å². The molecule has 7 heteroatoms. The molecule has 0 aromatic heterocycles. The number of rotatable bonds is 7. The van der Waals surface area contributed by atoms with Crippen LogP contribution in [0.3, 0.4) is 0 Å². The van der Waals surface area contributed by atoms with Crippen molar-refractivity contribution >= 4 is 52.1 Å². The second-order valence-electron chi connectivity index (χ2n) is 8.40. The number of methoxy groups -OCH3 is 1. The fraction of sp³-hybridized carbons (Fsp3) is 0.214. The molecule has 1 saturated carbocycles. The van der Waals surface area contributed by atoms with Gasteiger partial charge in [-0.05, 0) is 89.0 Å². The van der Waals surface area contributed by atoms with E-state index in [0.717, 1.165) is 33.3 Å². The van der Waals surface area contributed by atoms with Crippen molar-refractivity contribution in [1.29, 1.82) is 0 Å². The number of hydrogen-bond acceptors (Lipinski definition) is 4. The van der Waals surface area contributed by atoms with Gasteiger partial charge in [0, 0.05) is 5.02 Å². The summed E-state index contributed by atoms with van der Waals surface area (Å²) in [6, 6.07) is 22.4. The van der Waals surface area contributed by atoms with Crippen molar-refractivity contribution in [3.63, 3.8) is 0 Å². The molecular formula is C28H25ClINO4. The number of nitrogens with one attached hydrogen (secondary N) is 1. The molecule has 0 bridgehead atoms. The van der Waals surface area contributed by atoms with Crippen LogP contribution in [-0.2, 0) is 19.7 Å². The van der Waals surface area contributed by atoms with E-state index in [1.165, 1.54) is 7.11 Å². The summed E-state index contributed by atoms with van der Waals surface area (Å²) < 4.78 is 11.9. The number of esters is 1. The van der Waals surface area contributed by atoms with Crippen molar-refractivity contribution in [2.45, 2.75) is 31.1 Å². The minimum Gasteiger partial charge on any atom is -0.464 e. The van der Waals surface area contributed by atoms with Crippen LogP contribution in [0.1, 0.15) is 36.8 Å². The molecule has 1 N–H and O–H groups in total. The first-order valence-corrected chi connectivity index (χ1v) is 12.8. The molecule has 1 fully saturated rings. The predicted molar refractivity (Wildman–Crippen MR) is 145 cm³/mol. The zero-order chi connectivity index (χ0) is 24.8. The second kappa shape index (κ2) is 11.3. The van der Waals surface area contributed by atoms with E-state index in [-0.39, 0.29) is 11.6 Å². The monoisotopic (exact) mass is 601 g/mol. The third-order valence-corrected chi connectivity index (χ3v) is 7.34. The van der Waals surface area contributed by atoms with Crippen LogP contribution in [0.15, 0.2) is 78.5 Å². The first-order valence-electron chi connectivity index (χ1n) is 11.3. The highest BCUT2D eigenvalue weighted by Gasteiger charge is 2.43. The highest BCUT2D eigenvalue weighted by molar-refractivity contribution is 14.1. The van der Waals surface area contributed by atoms with Gasteiger partial charge in [0.1, 0.15) is 17.2 Å². The van der Waals surface area contributed by atoms with Crippen LogP contribution in [-0.4, -0.2) is 19.0 Å². The molecule has 0 aliphatic heterocycles. The van der Waals surface area contributed by atoms with Crippen LogP contribution in [0.2, 0.25) is 5.02 Å². The Morgan fingerprint density at radius 1 is 0.971 bits per heavy atom. The molecule has 5 nitrogen and oxygen atoms in total. The number of hydrogen-bond donors (Lipinski definition) is 1. The lowest BCUT2D eigenvalue weighted by Gasteiger charge is -2.28. The Morgan fingerprint density at radius 3 is 2.26 bits per heavy atom. The fourth-order valence-electron chi connectivity index (χ4n) is 4.35. The van der Waals surface area contributed by atoms with Gasteiger partial charge in [-0.15, -0.1) is 0 Å². The molecule has 1 aliphatic rings. The molecule has 1 amide bonds. The van der Waals surface area contributed by atoms with Gasteiger partial charge in [0.25, 0.3) is 0 Å². The van der Waals surface area contributed by atoms with Gasteiger partial charge in [-0.2, -0.15) is 0 Å². The minimum atomic E-state index is -0.706. The summed E-state index contributed by atoms with van der Waals surface area (Å²) in [4.78, 5) is 26.1. The Balaban J connectivity index is 1.56. The molecule has 0 atom stereocenters. The van der Waals surface area contributed by atoms with Crippen LogP contribution >= 0.6 is 34.2 Å². The molecule has 0 heterocycles. The molecule has 0 saturated heterocycles. The lowest BCUT2D eigenvalue weighted by Crippen LogP contribution is -2.43. The van der Waals surface area contributed by atoms with Crippen molar-refractivity contribution < 1.29 is 19.1 Å². The van der Waals surface area contributed by atoms with Gasteiger partial charge in [0.2, 0.25) is 5.91 Å². The molecule has 0 radical (unpaired) electrons. The largest absolute Gasteiger partial charge is 0.464 e. The number of halogens is 2. The third kappa shape index (κ3) is 5.87. The number of amides is 1. The average Bonchev–Trinajstić information content (AvgIpc) is 3.37. The van der Waals surface area contributed by atoms with Crippen LogP contribution < -0.4 is 10.1 Å². The molecule has 3 aromatic rings. The van der Waals surface area contributed by atoms with Crippen LogP contribution in [0.4, 0.5) is 0 Å². The third-order valence-electron chi connectivity index (χ3n) is 6.20. The molecule has 0 unspecified atom stereocenters. The number of carbonyl (C=O) groups excluding carboxylic acids is 2. The molecule has 3 aromatic carbocycles. The Bertz CT molecular complexity index is 1230. The van der Waals surface area contributed by atoms with Crippen molar-refractivity contribution in [3.05, 3.63) is 98.2 Å². The number of carbonyl (C=O) groups is 2. The lowest BCUT2D eigenvalue weighted by atomic mass is 9.78. The van der Waals surface area contributed by atoms with E-state index in [1.807, 2.05) is 60.7 Å². The number of para-hydroxylation sites is 1. The molecule has 0 spiro atoms. The summed E-state index contributed by atoms with van der Waals surface area (Å²) in [5, 5.41) is 3.47. The quantitative estimate of drug-likeness (QED) is 0.182. The molecule has 35 heavy (non-hydrogen) atoms. The summed E-state index contributed by atoms with van der Waals surface area (Å²) in [6.45, 7) is 0. The molecule has 1 aliphatic carbocycles. The van der Waals surface area contributed by atoms with Crippen molar-refractivity contribution in [3.8, 4) is 11.5 Å². The molecule has 180 valence electrons. The molecular weight excluding hydrogens is 577 g/mol. The first-order chi connectivity index (χ1) is 16.9. The summed E-state index contributed by atoms with van der Waals surface area (Å²) in [5.41, 5.74) is 1.01. The van der Waals surface area contributed by atoms with E-state index in [2.05, 4.69) is 27.9 Å². The van der Waals surface area contributed by atoms with Gasteiger partial charge in [-0.25, -0.2) is 4.79 Å². The minimum absolute atomic E-state index is 0.0871. The fourth-order valence-corrected chi connectivity index (χ4v) is 4.97. The van der Waals surface area contributed by atoms with Gasteiger partial charge >= 0.3 is 5.97 Å². The van der Waals surface area contributed by atoms with Gasteiger partial charge in [-0.1, -0.05) is 60.8 Å². The standard InChI is InChI=1S/C28H25ClINO4/c1-34-26(32)24(18-19-8-14-22(15-9-19)35-25-7-3-2-6-23(25)30)31-27(33)28(16-4-5-17-28)20-10-12-21(29)13-11-20/h2-3,6-15,18H,4-5,16-17H2,1H3,(H,31,33)/b24-18+. The zero-order valence-electron chi connectivity index (χ0n) is 19.2. The van der Waals surface area contributed by atoms with E-state index in [9.17, 15) is 9.59 Å². The van der Waals surface area contributed by atoms with Crippen molar-refractivity contribution in [2.24, 2.45) is 0 Å². The van der Waals surface area contributed by atoms with E-state index in [0.29, 0.717) is 23.6 Å². The van der Waals surface area contributed by atoms with Gasteiger partial charge < -0.3 is 14.8 Å². The highest BCUT2D eigenvalue weighted by atomic mass is 127. The van der Waals surface area contributed by atoms with Crippen LogP contribution in [0.25, 0.3) is 6.08 Å². The van der Waals surface area contributed by atoms with Crippen LogP contribution in [0.5, 0.6) is 11.5 Å². The van der Waals surface area contributed by atoms with Gasteiger partial charge in [0.15, 0.2) is 0 Å². The Hall–Kier alpha value is -2.84. The number of ether oxygens (including phenoxy) is 2. The Morgan fingerprint density at radius 2 is 1.63 bits per heavy atom. The maximum absolute atomic E-state index is 13.5. The van der Waals surface area contributed by atoms with Gasteiger partial charge in [-0.3, -0.25) is 4.79 Å².